The van der Waals surface area contributed by atoms with Crippen molar-refractivity contribution < 1.29 is 0 Å². The van der Waals surface area contributed by atoms with Crippen molar-refractivity contribution in [3.05, 3.63) is 18.1 Å². The number of aromatic nitrogens is 4. The summed E-state index contributed by atoms with van der Waals surface area (Å²) in [5.74, 6) is 2.32. The first-order valence-electron chi connectivity index (χ1n) is 6.40. The van der Waals surface area contributed by atoms with Crippen molar-refractivity contribution in [1.29, 1.82) is 0 Å². The molecule has 2 aromatic heterocycles. The highest BCUT2D eigenvalue weighted by molar-refractivity contribution is 5.47. The van der Waals surface area contributed by atoms with Gasteiger partial charge in [0.2, 0.25) is 0 Å². The Morgan fingerprint density at radius 1 is 1.50 bits per heavy atom. The maximum Gasteiger partial charge on any atom is 0.254 e. The molecule has 1 saturated heterocycles. The van der Waals surface area contributed by atoms with Crippen LogP contribution >= 0.6 is 0 Å². The van der Waals surface area contributed by atoms with Gasteiger partial charge in [-0.15, -0.1) is 0 Å². The Hall–Kier alpha value is -1.69. The summed E-state index contributed by atoms with van der Waals surface area (Å²) in [4.78, 5) is 10.9. The summed E-state index contributed by atoms with van der Waals surface area (Å²) in [6.07, 6.45) is 3.95. The van der Waals surface area contributed by atoms with Gasteiger partial charge in [0.1, 0.15) is 12.1 Å². The Morgan fingerprint density at radius 2 is 2.39 bits per heavy atom. The van der Waals surface area contributed by atoms with Crippen LogP contribution in [0.25, 0.3) is 5.78 Å². The van der Waals surface area contributed by atoms with E-state index in [1.807, 2.05) is 11.4 Å². The van der Waals surface area contributed by atoms with Crippen LogP contribution in [-0.2, 0) is 0 Å². The minimum absolute atomic E-state index is 0.575. The fraction of sp³-hybridized carbons (Fsp3) is 0.583. The molecule has 3 rings (SSSR count). The second-order valence-electron chi connectivity index (χ2n) is 4.92. The Balaban J connectivity index is 2.00. The van der Waals surface area contributed by atoms with Crippen LogP contribution < -0.4 is 10.6 Å². The SMILES string of the molecule is Cc1cc(N2CCCC(CN)C2)n2ncnc2n1. The average molecular weight is 246 g/mol. The van der Waals surface area contributed by atoms with E-state index in [0.717, 1.165) is 31.1 Å². The molecule has 0 radical (unpaired) electrons. The zero-order valence-electron chi connectivity index (χ0n) is 10.6. The first-order valence-corrected chi connectivity index (χ1v) is 6.40. The minimum atomic E-state index is 0.575. The van der Waals surface area contributed by atoms with Gasteiger partial charge in [0.05, 0.1) is 0 Å². The lowest BCUT2D eigenvalue weighted by atomic mass is 9.98. The number of fused-ring (bicyclic) bond motifs is 1. The predicted octanol–water partition coefficient (Wildman–Crippen LogP) is 0.608. The highest BCUT2D eigenvalue weighted by Crippen LogP contribution is 2.23. The van der Waals surface area contributed by atoms with E-state index in [2.05, 4.69) is 26.0 Å². The van der Waals surface area contributed by atoms with Gasteiger partial charge in [-0.05, 0) is 32.2 Å². The summed E-state index contributed by atoms with van der Waals surface area (Å²) < 4.78 is 1.81. The largest absolute Gasteiger partial charge is 0.356 e. The molecule has 0 aliphatic carbocycles. The van der Waals surface area contributed by atoms with Crippen molar-refractivity contribution in [3.63, 3.8) is 0 Å². The molecule has 18 heavy (non-hydrogen) atoms. The quantitative estimate of drug-likeness (QED) is 0.840. The van der Waals surface area contributed by atoms with Gasteiger partial charge in [-0.3, -0.25) is 0 Å². The molecule has 1 unspecified atom stereocenters. The van der Waals surface area contributed by atoms with Gasteiger partial charge in [-0.25, -0.2) is 4.98 Å². The first-order chi connectivity index (χ1) is 8.78. The van der Waals surface area contributed by atoms with Crippen molar-refractivity contribution in [2.45, 2.75) is 19.8 Å². The monoisotopic (exact) mass is 246 g/mol. The molecule has 6 nitrogen and oxygen atoms in total. The standard InChI is InChI=1S/C12H18N6/c1-9-5-11(18-12(16-9)14-8-15-18)17-4-2-3-10(6-13)7-17/h5,8,10H,2-4,6-7,13H2,1H3. The number of piperidine rings is 1. The van der Waals surface area contributed by atoms with Crippen LogP contribution in [0.15, 0.2) is 12.4 Å². The lowest BCUT2D eigenvalue weighted by Gasteiger charge is -2.33. The number of hydrogen-bond acceptors (Lipinski definition) is 5. The van der Waals surface area contributed by atoms with Gasteiger partial charge in [-0.1, -0.05) is 0 Å². The first kappa shape index (κ1) is 11.4. The van der Waals surface area contributed by atoms with E-state index in [0.29, 0.717) is 11.7 Å². The van der Waals surface area contributed by atoms with Gasteiger partial charge < -0.3 is 10.6 Å². The summed E-state index contributed by atoms with van der Waals surface area (Å²) in [7, 11) is 0. The van der Waals surface area contributed by atoms with Crippen molar-refractivity contribution >= 4 is 11.6 Å². The third kappa shape index (κ3) is 1.92. The lowest BCUT2D eigenvalue weighted by molar-refractivity contribution is 0.420. The molecular formula is C12H18N6. The highest BCUT2D eigenvalue weighted by Gasteiger charge is 2.21. The summed E-state index contributed by atoms with van der Waals surface area (Å²) >= 11 is 0. The third-order valence-corrected chi connectivity index (χ3v) is 3.54. The minimum Gasteiger partial charge on any atom is -0.356 e. The number of hydrogen-bond donors (Lipinski definition) is 1. The number of nitrogens with zero attached hydrogens (tertiary/aromatic N) is 5. The molecule has 2 aromatic rings. The van der Waals surface area contributed by atoms with Crippen molar-refractivity contribution in [3.8, 4) is 0 Å². The summed E-state index contributed by atoms with van der Waals surface area (Å²) in [5, 5.41) is 4.26. The Kier molecular flexibility index (Phi) is 2.87. The van der Waals surface area contributed by atoms with Crippen LogP contribution in [0.5, 0.6) is 0 Å². The van der Waals surface area contributed by atoms with Crippen LogP contribution in [0.1, 0.15) is 18.5 Å². The van der Waals surface area contributed by atoms with Crippen LogP contribution in [-0.4, -0.2) is 39.2 Å². The normalized spacial score (nSPS) is 20.6. The maximum atomic E-state index is 5.79. The molecule has 0 amide bonds. The van der Waals surface area contributed by atoms with E-state index in [1.54, 1.807) is 6.33 Å². The molecular weight excluding hydrogens is 228 g/mol. The fourth-order valence-electron chi connectivity index (χ4n) is 2.60. The zero-order chi connectivity index (χ0) is 12.5. The molecule has 0 bridgehead atoms. The third-order valence-electron chi connectivity index (χ3n) is 3.54. The summed E-state index contributed by atoms with van der Waals surface area (Å²) in [6.45, 7) is 4.79. The molecule has 1 atom stereocenters. The van der Waals surface area contributed by atoms with Gasteiger partial charge >= 0.3 is 0 Å². The summed E-state index contributed by atoms with van der Waals surface area (Å²) in [5.41, 5.74) is 6.76. The number of aryl methyl sites for hydroxylation is 1. The lowest BCUT2D eigenvalue weighted by Crippen LogP contribution is -2.39. The Labute approximate surface area is 106 Å². The molecule has 96 valence electrons. The van der Waals surface area contributed by atoms with E-state index in [9.17, 15) is 0 Å². The zero-order valence-corrected chi connectivity index (χ0v) is 10.6. The number of rotatable bonds is 2. The van der Waals surface area contributed by atoms with E-state index in [1.165, 1.54) is 12.8 Å². The molecule has 1 fully saturated rings. The molecule has 0 saturated carbocycles. The van der Waals surface area contributed by atoms with Crippen molar-refractivity contribution in [1.82, 2.24) is 19.6 Å². The fourth-order valence-corrected chi connectivity index (χ4v) is 2.60. The van der Waals surface area contributed by atoms with Gasteiger partial charge in [-0.2, -0.15) is 14.6 Å². The molecule has 0 spiro atoms. The van der Waals surface area contributed by atoms with Crippen LogP contribution in [0, 0.1) is 12.8 Å². The number of nitrogens with two attached hydrogens (primary N) is 1. The topological polar surface area (TPSA) is 72.3 Å². The Bertz CT molecular complexity index is 548. The van der Waals surface area contributed by atoms with E-state index in [-0.39, 0.29) is 0 Å². The molecule has 6 heteroatoms. The summed E-state index contributed by atoms with van der Waals surface area (Å²) in [6, 6.07) is 2.07. The molecule has 0 aromatic carbocycles. The van der Waals surface area contributed by atoms with Crippen molar-refractivity contribution in [2.24, 2.45) is 11.7 Å². The van der Waals surface area contributed by atoms with Crippen LogP contribution in [0.4, 0.5) is 5.82 Å². The second kappa shape index (κ2) is 4.53. The Morgan fingerprint density at radius 3 is 3.22 bits per heavy atom. The predicted molar refractivity (Wildman–Crippen MR) is 69.5 cm³/mol. The highest BCUT2D eigenvalue weighted by atomic mass is 15.4. The maximum absolute atomic E-state index is 5.79. The average Bonchev–Trinajstić information content (AvgIpc) is 2.85. The van der Waals surface area contributed by atoms with Gasteiger partial charge in [0.15, 0.2) is 0 Å². The second-order valence-corrected chi connectivity index (χ2v) is 4.92. The molecule has 2 N–H and O–H groups in total. The van der Waals surface area contributed by atoms with Gasteiger partial charge in [0, 0.05) is 24.8 Å². The molecule has 1 aliphatic rings. The van der Waals surface area contributed by atoms with E-state index in [4.69, 9.17) is 5.73 Å². The smallest absolute Gasteiger partial charge is 0.254 e. The molecule has 1 aliphatic heterocycles. The van der Waals surface area contributed by atoms with Crippen LogP contribution in [0.3, 0.4) is 0 Å². The van der Waals surface area contributed by atoms with Crippen molar-refractivity contribution in [2.75, 3.05) is 24.5 Å². The van der Waals surface area contributed by atoms with E-state index < -0.39 is 0 Å². The number of anilines is 1. The molecule has 3 heterocycles. The van der Waals surface area contributed by atoms with Gasteiger partial charge in [0.25, 0.3) is 5.78 Å². The van der Waals surface area contributed by atoms with E-state index >= 15 is 0 Å². The van der Waals surface area contributed by atoms with Crippen LogP contribution in [0.2, 0.25) is 0 Å².